The summed E-state index contributed by atoms with van der Waals surface area (Å²) in [5, 5.41) is 5.74. The molecule has 1 unspecified atom stereocenters. The molecule has 1 heterocycles. The van der Waals surface area contributed by atoms with Crippen LogP contribution in [0.15, 0.2) is 30.2 Å². The van der Waals surface area contributed by atoms with Crippen molar-refractivity contribution in [2.45, 2.75) is 38.6 Å². The lowest BCUT2D eigenvalue weighted by atomic mass is 10.1. The van der Waals surface area contributed by atoms with Crippen LogP contribution in [0.1, 0.15) is 31.1 Å². The van der Waals surface area contributed by atoms with Crippen molar-refractivity contribution in [1.82, 2.24) is 5.32 Å². The van der Waals surface area contributed by atoms with Crippen LogP contribution in [0.5, 0.6) is 0 Å². The molecule has 0 fully saturated rings. The summed E-state index contributed by atoms with van der Waals surface area (Å²) < 4.78 is 0. The molecule has 0 aliphatic heterocycles. The lowest BCUT2D eigenvalue weighted by Crippen LogP contribution is -2.29. The SMILES string of the molecule is C=CCCC(CC)NCCc1cccs1. The molecular weight excluding hydrogens is 202 g/mol. The van der Waals surface area contributed by atoms with Gasteiger partial charge < -0.3 is 5.32 Å². The Kier molecular flexibility index (Phi) is 6.37. The lowest BCUT2D eigenvalue weighted by Gasteiger charge is -2.15. The summed E-state index contributed by atoms with van der Waals surface area (Å²) in [5.74, 6) is 0. The zero-order valence-electron chi connectivity index (χ0n) is 9.54. The Hall–Kier alpha value is -0.600. The molecule has 1 aromatic rings. The molecule has 1 aromatic heterocycles. The van der Waals surface area contributed by atoms with Gasteiger partial charge in [0.05, 0.1) is 0 Å². The van der Waals surface area contributed by atoms with Gasteiger partial charge in [-0.05, 0) is 37.1 Å². The van der Waals surface area contributed by atoms with Crippen LogP contribution in [0.4, 0.5) is 0 Å². The molecule has 1 nitrogen and oxygen atoms in total. The molecule has 0 radical (unpaired) electrons. The largest absolute Gasteiger partial charge is 0.314 e. The summed E-state index contributed by atoms with van der Waals surface area (Å²) in [5.41, 5.74) is 0. The van der Waals surface area contributed by atoms with Crippen molar-refractivity contribution >= 4 is 11.3 Å². The molecule has 0 aliphatic rings. The highest BCUT2D eigenvalue weighted by Crippen LogP contribution is 2.09. The Balaban J connectivity index is 2.14. The zero-order valence-corrected chi connectivity index (χ0v) is 10.4. The van der Waals surface area contributed by atoms with E-state index in [2.05, 4.69) is 36.3 Å². The van der Waals surface area contributed by atoms with E-state index in [-0.39, 0.29) is 0 Å². The van der Waals surface area contributed by atoms with Gasteiger partial charge >= 0.3 is 0 Å². The van der Waals surface area contributed by atoms with Gasteiger partial charge in [-0.25, -0.2) is 0 Å². The number of nitrogens with one attached hydrogen (secondary N) is 1. The van der Waals surface area contributed by atoms with Crippen molar-refractivity contribution in [3.63, 3.8) is 0 Å². The third-order valence-electron chi connectivity index (χ3n) is 2.60. The Morgan fingerprint density at radius 3 is 3.07 bits per heavy atom. The van der Waals surface area contributed by atoms with Crippen LogP contribution in [-0.4, -0.2) is 12.6 Å². The van der Waals surface area contributed by atoms with Crippen molar-refractivity contribution in [1.29, 1.82) is 0 Å². The van der Waals surface area contributed by atoms with Gasteiger partial charge in [0.2, 0.25) is 0 Å². The van der Waals surface area contributed by atoms with Gasteiger partial charge in [-0.2, -0.15) is 0 Å². The Morgan fingerprint density at radius 2 is 2.47 bits per heavy atom. The van der Waals surface area contributed by atoms with Gasteiger partial charge in [-0.1, -0.05) is 19.1 Å². The van der Waals surface area contributed by atoms with Gasteiger partial charge in [-0.3, -0.25) is 0 Å². The van der Waals surface area contributed by atoms with E-state index in [0.717, 1.165) is 19.4 Å². The highest BCUT2D eigenvalue weighted by molar-refractivity contribution is 7.09. The van der Waals surface area contributed by atoms with Crippen molar-refractivity contribution in [3.05, 3.63) is 35.0 Å². The smallest absolute Gasteiger partial charge is 0.00675 e. The molecular formula is C13H21NS. The van der Waals surface area contributed by atoms with E-state index in [1.807, 2.05) is 17.4 Å². The van der Waals surface area contributed by atoms with E-state index < -0.39 is 0 Å². The predicted molar refractivity (Wildman–Crippen MR) is 69.5 cm³/mol. The molecule has 0 amide bonds. The van der Waals surface area contributed by atoms with Crippen molar-refractivity contribution in [3.8, 4) is 0 Å². The van der Waals surface area contributed by atoms with Gasteiger partial charge in [0, 0.05) is 17.5 Å². The molecule has 1 atom stereocenters. The van der Waals surface area contributed by atoms with Crippen LogP contribution in [0.3, 0.4) is 0 Å². The predicted octanol–water partition coefficient (Wildman–Crippen LogP) is 3.63. The Labute approximate surface area is 97.2 Å². The molecule has 2 heteroatoms. The van der Waals surface area contributed by atoms with E-state index >= 15 is 0 Å². The van der Waals surface area contributed by atoms with Crippen LogP contribution < -0.4 is 5.32 Å². The van der Waals surface area contributed by atoms with Crippen LogP contribution >= 0.6 is 11.3 Å². The quantitative estimate of drug-likeness (QED) is 0.664. The first kappa shape index (κ1) is 12.5. The monoisotopic (exact) mass is 223 g/mol. The molecule has 1 rings (SSSR count). The van der Waals surface area contributed by atoms with Crippen LogP contribution in [0.25, 0.3) is 0 Å². The summed E-state index contributed by atoms with van der Waals surface area (Å²) in [6.45, 7) is 7.10. The van der Waals surface area contributed by atoms with Crippen molar-refractivity contribution in [2.75, 3.05) is 6.54 Å². The van der Waals surface area contributed by atoms with Gasteiger partial charge in [-0.15, -0.1) is 17.9 Å². The molecule has 0 aromatic carbocycles. The maximum absolute atomic E-state index is 3.76. The third kappa shape index (κ3) is 5.14. The minimum atomic E-state index is 0.656. The van der Waals surface area contributed by atoms with Crippen LogP contribution in [-0.2, 0) is 6.42 Å². The summed E-state index contributed by atoms with van der Waals surface area (Å²) in [6, 6.07) is 4.98. The molecule has 0 saturated carbocycles. The minimum Gasteiger partial charge on any atom is -0.314 e. The summed E-state index contributed by atoms with van der Waals surface area (Å²) in [7, 11) is 0. The standard InChI is InChI=1S/C13H21NS/c1-3-5-7-12(4-2)14-10-9-13-8-6-11-15-13/h3,6,8,11-12,14H,1,4-5,7,9-10H2,2H3. The fraction of sp³-hybridized carbons (Fsp3) is 0.538. The van der Waals surface area contributed by atoms with Crippen LogP contribution in [0.2, 0.25) is 0 Å². The first-order chi connectivity index (χ1) is 7.36. The Morgan fingerprint density at radius 1 is 1.60 bits per heavy atom. The molecule has 0 aliphatic carbocycles. The maximum atomic E-state index is 3.76. The van der Waals surface area contributed by atoms with E-state index in [9.17, 15) is 0 Å². The second-order valence-corrected chi connectivity index (χ2v) is 4.79. The number of thiophene rings is 1. The molecule has 15 heavy (non-hydrogen) atoms. The number of allylic oxidation sites excluding steroid dienone is 1. The van der Waals surface area contributed by atoms with E-state index in [0.29, 0.717) is 6.04 Å². The Bertz CT molecular complexity index is 254. The second-order valence-electron chi connectivity index (χ2n) is 3.75. The second kappa shape index (κ2) is 7.66. The first-order valence-corrected chi connectivity index (χ1v) is 6.61. The zero-order chi connectivity index (χ0) is 10.9. The van der Waals surface area contributed by atoms with Gasteiger partial charge in [0.1, 0.15) is 0 Å². The van der Waals surface area contributed by atoms with Crippen molar-refractivity contribution in [2.24, 2.45) is 0 Å². The summed E-state index contributed by atoms with van der Waals surface area (Å²) >= 11 is 1.84. The highest BCUT2D eigenvalue weighted by atomic mass is 32.1. The van der Waals surface area contributed by atoms with E-state index in [1.54, 1.807) is 0 Å². The van der Waals surface area contributed by atoms with E-state index in [4.69, 9.17) is 0 Å². The van der Waals surface area contributed by atoms with Gasteiger partial charge in [0.15, 0.2) is 0 Å². The molecule has 0 spiro atoms. The average Bonchev–Trinajstić information content (AvgIpc) is 2.76. The molecule has 1 N–H and O–H groups in total. The first-order valence-electron chi connectivity index (χ1n) is 5.73. The molecule has 84 valence electrons. The van der Waals surface area contributed by atoms with Crippen molar-refractivity contribution < 1.29 is 0 Å². The normalized spacial score (nSPS) is 12.6. The van der Waals surface area contributed by atoms with Crippen LogP contribution in [0, 0.1) is 0 Å². The fourth-order valence-corrected chi connectivity index (χ4v) is 2.33. The third-order valence-corrected chi connectivity index (χ3v) is 3.53. The summed E-state index contributed by atoms with van der Waals surface area (Å²) in [4.78, 5) is 1.47. The minimum absolute atomic E-state index is 0.656. The molecule has 0 bridgehead atoms. The number of hydrogen-bond donors (Lipinski definition) is 1. The number of rotatable bonds is 8. The lowest BCUT2D eigenvalue weighted by molar-refractivity contribution is 0.475. The highest BCUT2D eigenvalue weighted by Gasteiger charge is 2.03. The molecule has 0 saturated heterocycles. The summed E-state index contributed by atoms with van der Waals surface area (Å²) in [6.07, 6.45) is 6.69. The number of hydrogen-bond acceptors (Lipinski definition) is 2. The van der Waals surface area contributed by atoms with Gasteiger partial charge in [0.25, 0.3) is 0 Å². The maximum Gasteiger partial charge on any atom is 0.00675 e. The topological polar surface area (TPSA) is 12.0 Å². The van der Waals surface area contributed by atoms with E-state index in [1.165, 1.54) is 17.7 Å². The average molecular weight is 223 g/mol. The fourth-order valence-electron chi connectivity index (χ4n) is 1.62.